The fourth-order valence-electron chi connectivity index (χ4n) is 5.18. The van der Waals surface area contributed by atoms with E-state index in [1.165, 1.54) is 7.11 Å². The maximum Gasteiger partial charge on any atom is 0.255 e. The summed E-state index contributed by atoms with van der Waals surface area (Å²) in [6, 6.07) is 8.56. The van der Waals surface area contributed by atoms with Crippen molar-refractivity contribution in [3.05, 3.63) is 64.7 Å². The Kier molecular flexibility index (Phi) is 7.99. The SMILES string of the molecule is COc1c(NC(=O)c2ccc(C)c(N3CC(c4cnc(C(O)C5CC5)n4C)N=N3)c2)cc(C(C)(C)C)cc1NS(C)(=O)=O. The normalized spacial score (nSPS) is 17.7. The molecule has 0 spiro atoms. The molecule has 3 aromatic rings. The van der Waals surface area contributed by atoms with E-state index in [4.69, 9.17) is 4.74 Å². The van der Waals surface area contributed by atoms with Gasteiger partial charge in [0.05, 0.1) is 48.9 Å². The van der Waals surface area contributed by atoms with Crippen LogP contribution in [-0.2, 0) is 22.5 Å². The molecule has 2 heterocycles. The number of carbonyl (C=O) groups excluding carboxylic acids is 1. The monoisotopic (exact) mass is 609 g/mol. The zero-order valence-corrected chi connectivity index (χ0v) is 26.4. The summed E-state index contributed by atoms with van der Waals surface area (Å²) in [5.74, 6) is 0.721. The molecule has 1 saturated carbocycles. The van der Waals surface area contributed by atoms with Gasteiger partial charge in [-0.3, -0.25) is 9.52 Å². The number of carbonyl (C=O) groups is 1. The van der Waals surface area contributed by atoms with E-state index in [0.29, 0.717) is 23.6 Å². The molecule has 2 aliphatic rings. The second-order valence-corrected chi connectivity index (χ2v) is 14.1. The third-order valence-electron chi connectivity index (χ3n) is 7.83. The van der Waals surface area contributed by atoms with Crippen molar-refractivity contribution in [3.8, 4) is 5.75 Å². The number of methoxy groups -OCH3 is 1. The minimum atomic E-state index is -3.61. The summed E-state index contributed by atoms with van der Waals surface area (Å²) in [7, 11) is -0.297. The van der Waals surface area contributed by atoms with Crippen molar-refractivity contribution in [1.29, 1.82) is 0 Å². The molecule has 12 nitrogen and oxygen atoms in total. The molecule has 43 heavy (non-hydrogen) atoms. The van der Waals surface area contributed by atoms with Gasteiger partial charge in [0.1, 0.15) is 18.0 Å². The number of benzene rings is 2. The third kappa shape index (κ3) is 6.52. The molecule has 2 atom stereocenters. The maximum atomic E-state index is 13.6. The molecule has 1 aliphatic carbocycles. The predicted octanol–water partition coefficient (Wildman–Crippen LogP) is 5.03. The van der Waals surface area contributed by atoms with Gasteiger partial charge in [-0.15, -0.1) is 0 Å². The molecular weight excluding hydrogens is 570 g/mol. The van der Waals surface area contributed by atoms with Gasteiger partial charge in [-0.25, -0.2) is 18.4 Å². The summed E-state index contributed by atoms with van der Waals surface area (Å²) in [6.45, 7) is 8.38. The maximum absolute atomic E-state index is 13.6. The van der Waals surface area contributed by atoms with Gasteiger partial charge in [0.25, 0.3) is 5.91 Å². The number of rotatable bonds is 9. The van der Waals surface area contributed by atoms with Crippen LogP contribution in [0.15, 0.2) is 46.9 Å². The number of ether oxygens (including phenoxy) is 1. The first-order valence-electron chi connectivity index (χ1n) is 14.2. The van der Waals surface area contributed by atoms with E-state index in [2.05, 4.69) is 25.4 Å². The van der Waals surface area contributed by atoms with Crippen molar-refractivity contribution in [2.45, 2.75) is 58.1 Å². The van der Waals surface area contributed by atoms with E-state index < -0.39 is 22.0 Å². The average Bonchev–Trinajstić information content (AvgIpc) is 3.54. The van der Waals surface area contributed by atoms with Crippen molar-refractivity contribution < 1.29 is 23.1 Å². The molecule has 2 unspecified atom stereocenters. The zero-order valence-electron chi connectivity index (χ0n) is 25.5. The number of aliphatic hydroxyl groups excluding tert-OH is 1. The van der Waals surface area contributed by atoms with Crippen LogP contribution in [0, 0.1) is 12.8 Å². The summed E-state index contributed by atoms with van der Waals surface area (Å²) in [4.78, 5) is 18.0. The molecular formula is C30H39N7O5S. The lowest BCUT2D eigenvalue weighted by Crippen LogP contribution is -2.20. The van der Waals surface area contributed by atoms with Crippen molar-refractivity contribution in [2.75, 3.05) is 35.0 Å². The van der Waals surface area contributed by atoms with Gasteiger partial charge in [0.15, 0.2) is 5.75 Å². The largest absolute Gasteiger partial charge is 0.492 e. The number of imidazole rings is 1. The lowest BCUT2D eigenvalue weighted by Gasteiger charge is -2.24. The van der Waals surface area contributed by atoms with E-state index in [0.717, 1.165) is 41.6 Å². The van der Waals surface area contributed by atoms with E-state index in [1.807, 2.05) is 45.4 Å². The Labute approximate surface area is 252 Å². The van der Waals surface area contributed by atoms with Crippen LogP contribution < -0.4 is 19.8 Å². The first-order valence-corrected chi connectivity index (χ1v) is 16.1. The molecule has 1 aromatic heterocycles. The lowest BCUT2D eigenvalue weighted by molar-refractivity contribution is 0.102. The molecule has 230 valence electrons. The molecule has 5 rings (SSSR count). The summed E-state index contributed by atoms with van der Waals surface area (Å²) in [6.07, 6.45) is 4.25. The lowest BCUT2D eigenvalue weighted by atomic mass is 9.86. The predicted molar refractivity (Wildman–Crippen MR) is 165 cm³/mol. The smallest absolute Gasteiger partial charge is 0.255 e. The number of aliphatic hydroxyl groups is 1. The topological polar surface area (TPSA) is 151 Å². The minimum absolute atomic E-state index is 0.206. The highest BCUT2D eigenvalue weighted by atomic mass is 32.2. The number of hydrogen-bond acceptors (Lipinski definition) is 9. The minimum Gasteiger partial charge on any atom is -0.492 e. The number of aromatic nitrogens is 2. The van der Waals surface area contributed by atoms with Gasteiger partial charge in [0.2, 0.25) is 10.0 Å². The summed E-state index contributed by atoms with van der Waals surface area (Å²) < 4.78 is 34.1. The first-order chi connectivity index (χ1) is 20.2. The van der Waals surface area contributed by atoms with Crippen LogP contribution in [0.25, 0.3) is 0 Å². The number of hydrogen-bond donors (Lipinski definition) is 3. The molecule has 2 aromatic carbocycles. The van der Waals surface area contributed by atoms with Crippen LogP contribution in [0.2, 0.25) is 0 Å². The molecule has 1 aliphatic heterocycles. The Morgan fingerprint density at radius 1 is 1.16 bits per heavy atom. The van der Waals surface area contributed by atoms with Crippen molar-refractivity contribution >= 4 is 33.0 Å². The Bertz CT molecular complexity index is 1690. The number of aryl methyl sites for hydroxylation is 1. The molecule has 0 saturated heterocycles. The molecule has 3 N–H and O–H groups in total. The Hall–Kier alpha value is -3.97. The van der Waals surface area contributed by atoms with E-state index in [-0.39, 0.29) is 28.8 Å². The van der Waals surface area contributed by atoms with Crippen LogP contribution in [0.4, 0.5) is 17.1 Å². The first kappa shape index (κ1) is 30.5. The molecule has 13 heteroatoms. The highest BCUT2D eigenvalue weighted by molar-refractivity contribution is 7.92. The Morgan fingerprint density at radius 3 is 2.49 bits per heavy atom. The van der Waals surface area contributed by atoms with Crippen LogP contribution >= 0.6 is 0 Å². The van der Waals surface area contributed by atoms with Gasteiger partial charge in [-0.1, -0.05) is 32.1 Å². The van der Waals surface area contributed by atoms with E-state index >= 15 is 0 Å². The standard InChI is InChI=1S/C30H39N7O5S/c1-17-8-9-19(29(39)32-21-13-20(30(2,3)4)14-22(27(21)42-6)34-43(7,40)41)12-24(17)37-16-23(33-35-37)25-15-31-28(36(25)5)26(38)18-10-11-18/h8-9,12-15,18,23,26,34,38H,10-11,16H2,1-7H3,(H,32,39). The number of amides is 1. The molecule has 1 amide bonds. The quantitative estimate of drug-likeness (QED) is 0.308. The summed E-state index contributed by atoms with van der Waals surface area (Å²) in [5, 5.41) is 24.1. The Morgan fingerprint density at radius 2 is 1.86 bits per heavy atom. The molecule has 1 fully saturated rings. The highest BCUT2D eigenvalue weighted by Gasteiger charge is 2.35. The van der Waals surface area contributed by atoms with E-state index in [9.17, 15) is 18.3 Å². The average molecular weight is 610 g/mol. The fourth-order valence-corrected chi connectivity index (χ4v) is 5.73. The van der Waals surface area contributed by atoms with E-state index in [1.54, 1.807) is 35.5 Å². The number of sulfonamides is 1. The number of anilines is 3. The van der Waals surface area contributed by atoms with Crippen LogP contribution in [0.5, 0.6) is 5.75 Å². The summed E-state index contributed by atoms with van der Waals surface area (Å²) in [5.41, 5.74) is 3.95. The number of nitrogens with zero attached hydrogens (tertiary/aromatic N) is 5. The molecule has 0 radical (unpaired) electrons. The fraction of sp³-hybridized carbons (Fsp3) is 0.467. The van der Waals surface area contributed by atoms with Crippen LogP contribution in [-0.4, -0.2) is 48.9 Å². The van der Waals surface area contributed by atoms with Crippen LogP contribution in [0.3, 0.4) is 0 Å². The van der Waals surface area contributed by atoms with Gasteiger partial charge in [-0.2, -0.15) is 5.11 Å². The second-order valence-electron chi connectivity index (χ2n) is 12.4. The molecule has 0 bridgehead atoms. The van der Waals surface area contributed by atoms with Crippen molar-refractivity contribution in [3.63, 3.8) is 0 Å². The van der Waals surface area contributed by atoms with Gasteiger partial charge < -0.3 is 19.7 Å². The zero-order chi connectivity index (χ0) is 31.3. The van der Waals surface area contributed by atoms with Crippen LogP contribution in [0.1, 0.15) is 78.8 Å². The number of nitrogens with one attached hydrogen (secondary N) is 2. The van der Waals surface area contributed by atoms with Gasteiger partial charge in [0, 0.05) is 12.6 Å². The highest BCUT2D eigenvalue weighted by Crippen LogP contribution is 2.42. The Balaban J connectivity index is 1.39. The second kappa shape index (κ2) is 11.3. The third-order valence-corrected chi connectivity index (χ3v) is 8.42. The van der Waals surface area contributed by atoms with Gasteiger partial charge in [-0.05, 0) is 66.5 Å². The van der Waals surface area contributed by atoms with Gasteiger partial charge >= 0.3 is 0 Å². The summed E-state index contributed by atoms with van der Waals surface area (Å²) >= 11 is 0. The van der Waals surface area contributed by atoms with Crippen molar-refractivity contribution in [1.82, 2.24) is 9.55 Å². The van der Waals surface area contributed by atoms with Crippen molar-refractivity contribution in [2.24, 2.45) is 23.3 Å².